The second-order valence-corrected chi connectivity index (χ2v) is 5.39. The molecular weight excluding hydrogens is 238 g/mol. The van der Waals surface area contributed by atoms with Crippen LogP contribution in [0.4, 0.5) is 11.5 Å². The highest BCUT2D eigenvalue weighted by Gasteiger charge is 2.22. The summed E-state index contributed by atoms with van der Waals surface area (Å²) in [4.78, 5) is 4.91. The van der Waals surface area contributed by atoms with Gasteiger partial charge in [-0.05, 0) is 19.4 Å². The van der Waals surface area contributed by atoms with Gasteiger partial charge in [0.1, 0.15) is 5.82 Å². The van der Waals surface area contributed by atoms with Gasteiger partial charge < -0.3 is 10.6 Å². The molecule has 1 aliphatic heterocycles. The molecule has 1 fully saturated rings. The predicted molar refractivity (Wildman–Crippen MR) is 80.6 cm³/mol. The zero-order valence-corrected chi connectivity index (χ0v) is 12.5. The normalized spacial score (nSPS) is 17.1. The summed E-state index contributed by atoms with van der Waals surface area (Å²) < 4.78 is 1.95. The van der Waals surface area contributed by atoms with Gasteiger partial charge in [-0.3, -0.25) is 9.58 Å². The molecule has 0 amide bonds. The predicted octanol–water partition coefficient (Wildman–Crippen LogP) is 1.49. The minimum absolute atomic E-state index is 0.883. The van der Waals surface area contributed by atoms with Crippen LogP contribution < -0.4 is 10.6 Å². The van der Waals surface area contributed by atoms with E-state index in [-0.39, 0.29) is 0 Å². The maximum atomic E-state index is 6.28. The van der Waals surface area contributed by atoms with Gasteiger partial charge >= 0.3 is 0 Å². The van der Waals surface area contributed by atoms with Crippen LogP contribution in [0.2, 0.25) is 0 Å². The summed E-state index contributed by atoms with van der Waals surface area (Å²) in [5.74, 6) is 1.11. The lowest BCUT2D eigenvalue weighted by molar-refractivity contribution is 0.257. The minimum atomic E-state index is 0.883. The van der Waals surface area contributed by atoms with E-state index in [1.807, 2.05) is 11.7 Å². The van der Waals surface area contributed by atoms with Gasteiger partial charge in [0.25, 0.3) is 0 Å². The lowest BCUT2D eigenvalue weighted by Gasteiger charge is -2.35. The Morgan fingerprint density at radius 1 is 1.11 bits per heavy atom. The Kier molecular flexibility index (Phi) is 4.69. The molecule has 0 aromatic carbocycles. The van der Waals surface area contributed by atoms with Gasteiger partial charge in [-0.2, -0.15) is 5.10 Å². The number of aromatic nitrogens is 2. The number of nitrogens with zero attached hydrogens (tertiary/aromatic N) is 4. The van der Waals surface area contributed by atoms with Crippen molar-refractivity contribution in [1.82, 2.24) is 14.7 Å². The molecule has 0 radical (unpaired) electrons. The van der Waals surface area contributed by atoms with Gasteiger partial charge in [0.05, 0.1) is 11.4 Å². The van der Waals surface area contributed by atoms with Crippen LogP contribution in [0.3, 0.4) is 0 Å². The van der Waals surface area contributed by atoms with Crippen LogP contribution in [0.1, 0.15) is 32.4 Å². The van der Waals surface area contributed by atoms with E-state index in [1.165, 1.54) is 13.0 Å². The zero-order chi connectivity index (χ0) is 13.8. The summed E-state index contributed by atoms with van der Waals surface area (Å²) >= 11 is 0. The zero-order valence-electron chi connectivity index (χ0n) is 12.5. The van der Waals surface area contributed by atoms with Crippen LogP contribution in [-0.2, 0) is 13.5 Å². The molecule has 19 heavy (non-hydrogen) atoms. The number of anilines is 2. The van der Waals surface area contributed by atoms with E-state index in [4.69, 9.17) is 5.73 Å². The first kappa shape index (κ1) is 14.2. The molecule has 1 saturated heterocycles. The minimum Gasteiger partial charge on any atom is -0.394 e. The Hall–Kier alpha value is -1.23. The summed E-state index contributed by atoms with van der Waals surface area (Å²) in [6.45, 7) is 9.96. The van der Waals surface area contributed by atoms with Crippen molar-refractivity contribution in [3.63, 3.8) is 0 Å². The molecule has 5 nitrogen and oxygen atoms in total. The van der Waals surface area contributed by atoms with Crippen LogP contribution >= 0.6 is 0 Å². The summed E-state index contributed by atoms with van der Waals surface area (Å²) in [7, 11) is 2.00. The van der Waals surface area contributed by atoms with E-state index in [1.54, 1.807) is 0 Å². The van der Waals surface area contributed by atoms with Gasteiger partial charge in [-0.25, -0.2) is 0 Å². The number of nitrogen functional groups attached to an aromatic ring is 1. The third kappa shape index (κ3) is 3.03. The van der Waals surface area contributed by atoms with Gasteiger partial charge in [0.15, 0.2) is 0 Å². The second-order valence-electron chi connectivity index (χ2n) is 5.39. The lowest BCUT2D eigenvalue weighted by Crippen LogP contribution is -2.47. The first-order valence-electron chi connectivity index (χ1n) is 7.46. The number of hydrogen-bond donors (Lipinski definition) is 1. The fourth-order valence-electron chi connectivity index (χ4n) is 2.88. The van der Waals surface area contributed by atoms with Crippen LogP contribution in [0.5, 0.6) is 0 Å². The molecule has 0 saturated carbocycles. The number of aryl methyl sites for hydroxylation is 2. The Bertz CT molecular complexity index is 404. The lowest BCUT2D eigenvalue weighted by atomic mass is 10.2. The molecule has 0 aliphatic carbocycles. The molecule has 1 aromatic heterocycles. The van der Waals surface area contributed by atoms with Gasteiger partial charge in [0.2, 0.25) is 0 Å². The molecule has 5 heteroatoms. The summed E-state index contributed by atoms with van der Waals surface area (Å²) in [6, 6.07) is 0. The van der Waals surface area contributed by atoms with Crippen LogP contribution in [-0.4, -0.2) is 47.4 Å². The average molecular weight is 265 g/mol. The Balaban J connectivity index is 2.07. The average Bonchev–Trinajstić information content (AvgIpc) is 2.67. The number of hydrogen-bond acceptors (Lipinski definition) is 4. The molecule has 1 aliphatic rings. The first-order chi connectivity index (χ1) is 9.17. The van der Waals surface area contributed by atoms with Crippen LogP contribution in [0, 0.1) is 0 Å². The van der Waals surface area contributed by atoms with Crippen LogP contribution in [0.25, 0.3) is 0 Å². The van der Waals surface area contributed by atoms with Crippen molar-refractivity contribution >= 4 is 11.5 Å². The molecule has 2 rings (SSSR count). The Morgan fingerprint density at radius 3 is 2.37 bits per heavy atom. The van der Waals surface area contributed by atoms with E-state index in [0.29, 0.717) is 0 Å². The second kappa shape index (κ2) is 6.28. The van der Waals surface area contributed by atoms with E-state index < -0.39 is 0 Å². The smallest absolute Gasteiger partial charge is 0.150 e. The summed E-state index contributed by atoms with van der Waals surface area (Å²) in [6.07, 6.45) is 3.29. The van der Waals surface area contributed by atoms with Crippen molar-refractivity contribution in [2.24, 2.45) is 7.05 Å². The van der Waals surface area contributed by atoms with E-state index in [2.05, 4.69) is 28.7 Å². The van der Waals surface area contributed by atoms with Crippen molar-refractivity contribution in [2.75, 3.05) is 43.4 Å². The SMILES string of the molecule is CCCc1nn(C)c(N2CCN(CCC)CC2)c1N. The molecule has 108 valence electrons. The fraction of sp³-hybridized carbons (Fsp3) is 0.786. The standard InChI is InChI=1S/C14H27N5/c1-4-6-12-13(15)14(17(3)16-12)19-10-8-18(7-5-2)9-11-19/h4-11,15H2,1-3H3. The summed E-state index contributed by atoms with van der Waals surface area (Å²) in [5, 5.41) is 4.57. The fourth-order valence-corrected chi connectivity index (χ4v) is 2.88. The Morgan fingerprint density at radius 2 is 1.79 bits per heavy atom. The molecular formula is C14H27N5. The number of nitrogens with two attached hydrogens (primary N) is 1. The highest BCUT2D eigenvalue weighted by molar-refractivity contribution is 5.66. The summed E-state index contributed by atoms with van der Waals surface area (Å²) in [5.41, 5.74) is 8.21. The topological polar surface area (TPSA) is 50.3 Å². The molecule has 2 heterocycles. The monoisotopic (exact) mass is 265 g/mol. The number of piperazine rings is 1. The third-order valence-electron chi connectivity index (χ3n) is 3.83. The molecule has 0 unspecified atom stereocenters. The molecule has 0 atom stereocenters. The van der Waals surface area contributed by atoms with Crippen molar-refractivity contribution in [3.8, 4) is 0 Å². The van der Waals surface area contributed by atoms with Crippen molar-refractivity contribution in [1.29, 1.82) is 0 Å². The maximum Gasteiger partial charge on any atom is 0.150 e. The van der Waals surface area contributed by atoms with Gasteiger partial charge in [0, 0.05) is 33.2 Å². The first-order valence-corrected chi connectivity index (χ1v) is 7.46. The number of rotatable bonds is 5. The molecule has 1 aromatic rings. The molecule has 0 spiro atoms. The van der Waals surface area contributed by atoms with E-state index in [0.717, 1.165) is 56.2 Å². The van der Waals surface area contributed by atoms with Gasteiger partial charge in [-0.15, -0.1) is 0 Å². The maximum absolute atomic E-state index is 6.28. The van der Waals surface area contributed by atoms with E-state index >= 15 is 0 Å². The largest absolute Gasteiger partial charge is 0.394 e. The van der Waals surface area contributed by atoms with Crippen molar-refractivity contribution in [2.45, 2.75) is 33.1 Å². The van der Waals surface area contributed by atoms with E-state index in [9.17, 15) is 0 Å². The van der Waals surface area contributed by atoms with Crippen molar-refractivity contribution < 1.29 is 0 Å². The highest BCUT2D eigenvalue weighted by atomic mass is 15.4. The quantitative estimate of drug-likeness (QED) is 0.876. The Labute approximate surface area is 116 Å². The van der Waals surface area contributed by atoms with Crippen LogP contribution in [0.15, 0.2) is 0 Å². The highest BCUT2D eigenvalue weighted by Crippen LogP contribution is 2.27. The molecule has 2 N–H and O–H groups in total. The molecule has 0 bridgehead atoms. The van der Waals surface area contributed by atoms with Crippen molar-refractivity contribution in [3.05, 3.63) is 5.69 Å². The third-order valence-corrected chi connectivity index (χ3v) is 3.83. The van der Waals surface area contributed by atoms with Gasteiger partial charge in [-0.1, -0.05) is 20.3 Å².